The molecule has 0 amide bonds. The van der Waals surface area contributed by atoms with Gasteiger partial charge < -0.3 is 0 Å². The third-order valence-electron chi connectivity index (χ3n) is 1.02. The Morgan fingerprint density at radius 1 is 1.82 bits per heavy atom. The fourth-order valence-corrected chi connectivity index (χ4v) is 3.92. The van der Waals surface area contributed by atoms with Crippen LogP contribution >= 0.6 is 47.1 Å². The molecule has 0 spiro atoms. The fraction of sp³-hybridized carbons (Fsp3) is 0.800. The van der Waals surface area contributed by atoms with Crippen molar-refractivity contribution in [3.63, 3.8) is 0 Å². The topological polar surface area (TPSA) is 15.6 Å². The highest BCUT2D eigenvalue weighted by Crippen LogP contribution is 2.37. The van der Waals surface area contributed by atoms with E-state index in [4.69, 9.17) is 11.8 Å². The van der Waals surface area contributed by atoms with Crippen LogP contribution in [0.2, 0.25) is 0 Å². The summed E-state index contributed by atoms with van der Waals surface area (Å²) in [6.07, 6.45) is 2.03. The van der Waals surface area contributed by atoms with Crippen molar-refractivity contribution >= 4 is 51.4 Å². The smallest absolute Gasteiger partial charge is 0.162 e. The maximum atomic E-state index is 5.80. The number of hydrogen-bond donors (Lipinski definition) is 0. The Morgan fingerprint density at radius 2 is 2.55 bits per heavy atom. The maximum Gasteiger partial charge on any atom is 0.162 e. The van der Waals surface area contributed by atoms with Crippen LogP contribution in [0.15, 0.2) is 5.10 Å². The fourth-order valence-electron chi connectivity index (χ4n) is 0.600. The Balaban J connectivity index is 2.42. The predicted octanol–water partition coefficient (Wildman–Crippen LogP) is 2.86. The Hall–Kier alpha value is 0.810. The van der Waals surface area contributed by atoms with E-state index in [9.17, 15) is 0 Å². The van der Waals surface area contributed by atoms with E-state index in [0.717, 1.165) is 10.1 Å². The molecule has 0 aromatic heterocycles. The number of halogens is 1. The highest BCUT2D eigenvalue weighted by Gasteiger charge is 2.25. The van der Waals surface area contributed by atoms with E-state index in [2.05, 4.69) is 12.0 Å². The monoisotopic (exact) mass is 228 g/mol. The second kappa shape index (κ2) is 4.74. The molecule has 64 valence electrons. The van der Waals surface area contributed by atoms with Crippen LogP contribution in [0.3, 0.4) is 0 Å². The van der Waals surface area contributed by atoms with Crippen LogP contribution in [0, 0.1) is 0 Å². The zero-order valence-electron chi connectivity index (χ0n) is 6.28. The third-order valence-corrected chi connectivity index (χ3v) is 4.94. The van der Waals surface area contributed by atoms with Gasteiger partial charge in [-0.3, -0.25) is 0 Å². The van der Waals surface area contributed by atoms with Crippen LogP contribution in [0.1, 0.15) is 6.92 Å². The van der Waals surface area contributed by atoms with E-state index >= 15 is 0 Å². The van der Waals surface area contributed by atoms with Crippen LogP contribution < -0.4 is 0 Å². The minimum Gasteiger partial charge on any atom is -0.180 e. The molecular weight excluding hydrogens is 220 g/mol. The Morgan fingerprint density at radius 3 is 3.00 bits per heavy atom. The molecule has 1 heterocycles. The molecule has 0 saturated heterocycles. The van der Waals surface area contributed by atoms with Gasteiger partial charge in [-0.15, -0.1) is 16.9 Å². The summed E-state index contributed by atoms with van der Waals surface area (Å²) >= 11 is 10.9. The van der Waals surface area contributed by atoms with E-state index < -0.39 is 0 Å². The van der Waals surface area contributed by atoms with E-state index in [1.165, 1.54) is 4.53 Å². The van der Waals surface area contributed by atoms with Gasteiger partial charge in [0.2, 0.25) is 0 Å². The molecule has 0 aromatic rings. The minimum absolute atomic E-state index is 0.255. The first-order chi connectivity index (χ1) is 5.27. The first kappa shape index (κ1) is 9.89. The number of hydrogen-bond acceptors (Lipinski definition) is 5. The number of rotatable bonds is 2. The molecular formula is C5H9ClN2S3. The Kier molecular flexibility index (Phi) is 4.27. The molecule has 0 aliphatic carbocycles. The van der Waals surface area contributed by atoms with Crippen LogP contribution in [-0.4, -0.2) is 25.6 Å². The van der Waals surface area contributed by atoms with Gasteiger partial charge in [0.25, 0.3) is 0 Å². The van der Waals surface area contributed by atoms with E-state index in [1.807, 2.05) is 6.26 Å². The molecule has 11 heavy (non-hydrogen) atoms. The Labute approximate surface area is 84.6 Å². The lowest BCUT2D eigenvalue weighted by Gasteiger charge is -2.09. The number of nitrogens with zero attached hydrogens (tertiary/aromatic N) is 2. The van der Waals surface area contributed by atoms with Crippen molar-refractivity contribution in [1.82, 2.24) is 4.53 Å². The second-order valence-electron chi connectivity index (χ2n) is 1.75. The molecule has 1 atom stereocenters. The van der Waals surface area contributed by atoms with Gasteiger partial charge in [0.1, 0.15) is 0 Å². The summed E-state index contributed by atoms with van der Waals surface area (Å²) in [6, 6.07) is 0. The van der Waals surface area contributed by atoms with Crippen LogP contribution in [0.4, 0.5) is 0 Å². The Bertz CT molecular complexity index is 164. The third kappa shape index (κ3) is 2.65. The van der Waals surface area contributed by atoms with Crippen molar-refractivity contribution in [3.8, 4) is 0 Å². The molecule has 2 nitrogen and oxygen atoms in total. The van der Waals surface area contributed by atoms with Crippen molar-refractivity contribution in [3.05, 3.63) is 0 Å². The number of thioether (sulfide) groups is 3. The van der Waals surface area contributed by atoms with Crippen LogP contribution in [0.25, 0.3) is 0 Å². The van der Waals surface area contributed by atoms with Crippen molar-refractivity contribution in [2.24, 2.45) is 5.10 Å². The van der Waals surface area contributed by atoms with Crippen molar-refractivity contribution in [2.45, 2.75) is 11.6 Å². The van der Waals surface area contributed by atoms with Crippen molar-refractivity contribution in [2.75, 3.05) is 12.0 Å². The van der Waals surface area contributed by atoms with Crippen LogP contribution in [-0.2, 0) is 0 Å². The minimum atomic E-state index is 0.255. The first-order valence-corrected chi connectivity index (χ1v) is 6.63. The van der Waals surface area contributed by atoms with Gasteiger partial charge >= 0.3 is 0 Å². The van der Waals surface area contributed by atoms with Crippen LogP contribution in [0.5, 0.6) is 0 Å². The zero-order valence-corrected chi connectivity index (χ0v) is 9.49. The maximum absolute atomic E-state index is 5.80. The summed E-state index contributed by atoms with van der Waals surface area (Å²) in [5, 5.41) is 4.15. The standard InChI is InChI=1S/C5H9ClN2S3/c1-3-10-4-7-8(6)5(9-2)11-4/h5H,3H2,1-2H3. The molecule has 0 bridgehead atoms. The van der Waals surface area contributed by atoms with E-state index in [-0.39, 0.29) is 4.71 Å². The summed E-state index contributed by atoms with van der Waals surface area (Å²) in [5.41, 5.74) is 0. The van der Waals surface area contributed by atoms with Crippen molar-refractivity contribution < 1.29 is 0 Å². The predicted molar refractivity (Wildman–Crippen MR) is 58.2 cm³/mol. The van der Waals surface area contributed by atoms with E-state index in [0.29, 0.717) is 0 Å². The number of hydrazone groups is 1. The molecule has 1 rings (SSSR count). The average molecular weight is 229 g/mol. The van der Waals surface area contributed by atoms with Gasteiger partial charge in [0, 0.05) is 11.8 Å². The summed E-state index contributed by atoms with van der Waals surface area (Å²) in [6.45, 7) is 2.11. The summed E-state index contributed by atoms with van der Waals surface area (Å²) in [7, 11) is 0. The van der Waals surface area contributed by atoms with Gasteiger partial charge in [-0.1, -0.05) is 30.4 Å². The molecule has 0 fully saturated rings. The molecule has 6 heteroatoms. The lowest BCUT2D eigenvalue weighted by atomic mass is 11.0. The molecule has 1 aliphatic heterocycles. The molecule has 0 saturated carbocycles. The van der Waals surface area contributed by atoms with Gasteiger partial charge in [-0.2, -0.15) is 4.53 Å². The highest BCUT2D eigenvalue weighted by atomic mass is 35.5. The normalized spacial score (nSPS) is 24.1. The summed E-state index contributed by atoms with van der Waals surface area (Å²) in [4.78, 5) is 0. The van der Waals surface area contributed by atoms with Gasteiger partial charge in [-0.05, 0) is 12.0 Å². The second-order valence-corrected chi connectivity index (χ2v) is 5.89. The molecule has 0 radical (unpaired) electrons. The van der Waals surface area contributed by atoms with Gasteiger partial charge in [0.05, 0.1) is 0 Å². The molecule has 0 N–H and O–H groups in total. The lowest BCUT2D eigenvalue weighted by molar-refractivity contribution is 0.560. The quantitative estimate of drug-likeness (QED) is 0.676. The van der Waals surface area contributed by atoms with Gasteiger partial charge in [0.15, 0.2) is 9.08 Å². The largest absolute Gasteiger partial charge is 0.180 e. The summed E-state index contributed by atoms with van der Waals surface area (Å²) < 4.78 is 2.82. The zero-order chi connectivity index (χ0) is 8.27. The molecule has 0 aromatic carbocycles. The first-order valence-electron chi connectivity index (χ1n) is 3.13. The van der Waals surface area contributed by atoms with Crippen molar-refractivity contribution in [1.29, 1.82) is 0 Å². The van der Waals surface area contributed by atoms with E-state index in [1.54, 1.807) is 35.3 Å². The van der Waals surface area contributed by atoms with Gasteiger partial charge in [-0.25, -0.2) is 0 Å². The summed E-state index contributed by atoms with van der Waals surface area (Å²) in [5.74, 6) is 1.05. The molecule has 1 unspecified atom stereocenters. The SMILES string of the molecule is CCSC1=NN(Cl)C(SC)S1. The highest BCUT2D eigenvalue weighted by molar-refractivity contribution is 8.42. The molecule has 1 aliphatic rings. The average Bonchev–Trinajstić information content (AvgIpc) is 2.32. The lowest BCUT2D eigenvalue weighted by Crippen LogP contribution is -2.08.